The Hall–Kier alpha value is -1.61. The summed E-state index contributed by atoms with van der Waals surface area (Å²) in [6.45, 7) is 0. The van der Waals surface area contributed by atoms with E-state index in [0.29, 0.717) is 12.2 Å². The van der Waals surface area contributed by atoms with Gasteiger partial charge in [0.05, 0.1) is 5.69 Å². The number of benzene rings is 1. The number of nitrogen functional groups attached to an aromatic ring is 1. The van der Waals surface area contributed by atoms with Crippen molar-refractivity contribution in [1.82, 2.24) is 9.97 Å². The Kier molecular flexibility index (Phi) is 2.83. The lowest BCUT2D eigenvalue weighted by Gasteiger charge is -2.03. The molecule has 0 unspecified atom stereocenters. The zero-order valence-corrected chi connectivity index (χ0v) is 8.78. The molecule has 2 N–H and O–H groups in total. The summed E-state index contributed by atoms with van der Waals surface area (Å²) >= 11 is 6.04. The lowest BCUT2D eigenvalue weighted by molar-refractivity contribution is 1.03. The summed E-state index contributed by atoms with van der Waals surface area (Å²) in [4.78, 5) is 7.96. The van der Waals surface area contributed by atoms with Crippen LogP contribution in [0.5, 0.6) is 0 Å². The largest absolute Gasteiger partial charge is 0.384 e. The molecule has 0 aliphatic rings. The van der Waals surface area contributed by atoms with Gasteiger partial charge in [0, 0.05) is 17.5 Å². The lowest BCUT2D eigenvalue weighted by atomic mass is 10.1. The van der Waals surface area contributed by atoms with Crippen LogP contribution in [-0.4, -0.2) is 9.97 Å². The maximum Gasteiger partial charge on any atom is 0.127 e. The van der Waals surface area contributed by atoms with E-state index < -0.39 is 0 Å². The third-order valence-electron chi connectivity index (χ3n) is 2.07. The first-order valence-corrected chi connectivity index (χ1v) is 4.93. The van der Waals surface area contributed by atoms with Gasteiger partial charge in [-0.1, -0.05) is 29.8 Å². The molecule has 0 bridgehead atoms. The summed E-state index contributed by atoms with van der Waals surface area (Å²) in [6, 6.07) is 9.44. The van der Waals surface area contributed by atoms with Crippen molar-refractivity contribution in [2.45, 2.75) is 6.42 Å². The molecule has 76 valence electrons. The van der Waals surface area contributed by atoms with E-state index in [4.69, 9.17) is 17.3 Å². The Morgan fingerprint density at radius 3 is 2.73 bits per heavy atom. The van der Waals surface area contributed by atoms with Gasteiger partial charge in [-0.2, -0.15) is 0 Å². The van der Waals surface area contributed by atoms with E-state index in [2.05, 4.69) is 9.97 Å². The van der Waals surface area contributed by atoms with Gasteiger partial charge in [0.2, 0.25) is 0 Å². The molecule has 0 radical (unpaired) electrons. The summed E-state index contributed by atoms with van der Waals surface area (Å²) in [6.07, 6.45) is 2.13. The molecular formula is C11H10ClN3. The van der Waals surface area contributed by atoms with Gasteiger partial charge >= 0.3 is 0 Å². The fraction of sp³-hybridized carbons (Fsp3) is 0.0909. The van der Waals surface area contributed by atoms with Crippen molar-refractivity contribution in [1.29, 1.82) is 0 Å². The Balaban J connectivity index is 2.26. The SMILES string of the molecule is Nc1cc(Cc2ccccc2Cl)ncn1. The van der Waals surface area contributed by atoms with Crippen LogP contribution in [0.4, 0.5) is 5.82 Å². The molecule has 0 spiro atoms. The number of hydrogen-bond donors (Lipinski definition) is 1. The van der Waals surface area contributed by atoms with Crippen molar-refractivity contribution < 1.29 is 0 Å². The smallest absolute Gasteiger partial charge is 0.127 e. The van der Waals surface area contributed by atoms with Gasteiger partial charge in [-0.3, -0.25) is 0 Å². The molecule has 1 aromatic carbocycles. The molecule has 0 amide bonds. The maximum absolute atomic E-state index is 6.04. The molecular weight excluding hydrogens is 210 g/mol. The molecule has 0 saturated carbocycles. The normalized spacial score (nSPS) is 10.2. The summed E-state index contributed by atoms with van der Waals surface area (Å²) in [5.74, 6) is 0.479. The van der Waals surface area contributed by atoms with Crippen LogP contribution in [0.2, 0.25) is 5.02 Å². The second-order valence-corrected chi connectivity index (χ2v) is 3.61. The van der Waals surface area contributed by atoms with E-state index in [0.717, 1.165) is 16.3 Å². The quantitative estimate of drug-likeness (QED) is 0.843. The van der Waals surface area contributed by atoms with Gasteiger partial charge in [0.1, 0.15) is 12.1 Å². The van der Waals surface area contributed by atoms with Crippen molar-refractivity contribution in [3.8, 4) is 0 Å². The van der Waals surface area contributed by atoms with Crippen molar-refractivity contribution in [3.05, 3.63) is 52.9 Å². The molecule has 3 nitrogen and oxygen atoms in total. The first-order valence-electron chi connectivity index (χ1n) is 4.55. The highest BCUT2D eigenvalue weighted by Gasteiger charge is 2.02. The van der Waals surface area contributed by atoms with E-state index in [1.807, 2.05) is 24.3 Å². The topological polar surface area (TPSA) is 51.8 Å². The molecule has 1 aromatic heterocycles. The van der Waals surface area contributed by atoms with E-state index in [9.17, 15) is 0 Å². The van der Waals surface area contributed by atoms with Crippen molar-refractivity contribution >= 4 is 17.4 Å². The second-order valence-electron chi connectivity index (χ2n) is 3.20. The molecule has 0 atom stereocenters. The zero-order chi connectivity index (χ0) is 10.7. The first-order chi connectivity index (χ1) is 7.25. The van der Waals surface area contributed by atoms with Crippen LogP contribution in [0.3, 0.4) is 0 Å². The van der Waals surface area contributed by atoms with Crippen LogP contribution in [0.15, 0.2) is 36.7 Å². The highest BCUT2D eigenvalue weighted by Crippen LogP contribution is 2.18. The van der Waals surface area contributed by atoms with E-state index in [1.54, 1.807) is 6.07 Å². The monoisotopic (exact) mass is 219 g/mol. The van der Waals surface area contributed by atoms with Crippen LogP contribution in [0.1, 0.15) is 11.3 Å². The maximum atomic E-state index is 6.04. The minimum Gasteiger partial charge on any atom is -0.384 e. The molecule has 2 rings (SSSR count). The van der Waals surface area contributed by atoms with Crippen molar-refractivity contribution in [2.24, 2.45) is 0 Å². The molecule has 1 heterocycles. The first kappa shape index (κ1) is 9.93. The highest BCUT2D eigenvalue weighted by molar-refractivity contribution is 6.31. The standard InChI is InChI=1S/C11H10ClN3/c12-10-4-2-1-3-8(10)5-9-6-11(13)15-7-14-9/h1-4,6-7H,5H2,(H2,13,14,15). The predicted octanol–water partition coefficient (Wildman–Crippen LogP) is 2.30. The zero-order valence-electron chi connectivity index (χ0n) is 8.02. The summed E-state index contributed by atoms with van der Waals surface area (Å²) in [5.41, 5.74) is 7.48. The van der Waals surface area contributed by atoms with E-state index in [-0.39, 0.29) is 0 Å². The number of nitrogens with zero attached hydrogens (tertiary/aromatic N) is 2. The third-order valence-corrected chi connectivity index (χ3v) is 2.44. The van der Waals surface area contributed by atoms with Crippen LogP contribution < -0.4 is 5.73 Å². The Morgan fingerprint density at radius 2 is 2.00 bits per heavy atom. The number of nitrogens with two attached hydrogens (primary N) is 1. The number of halogens is 1. The van der Waals surface area contributed by atoms with Gasteiger partial charge in [0.25, 0.3) is 0 Å². The Labute approximate surface area is 92.9 Å². The molecule has 2 aromatic rings. The van der Waals surface area contributed by atoms with E-state index in [1.165, 1.54) is 6.33 Å². The summed E-state index contributed by atoms with van der Waals surface area (Å²) in [5, 5.41) is 0.745. The number of hydrogen-bond acceptors (Lipinski definition) is 3. The van der Waals surface area contributed by atoms with Crippen LogP contribution in [0, 0.1) is 0 Å². The average Bonchev–Trinajstić information content (AvgIpc) is 2.22. The number of anilines is 1. The van der Waals surface area contributed by atoms with Crippen LogP contribution in [-0.2, 0) is 6.42 Å². The Morgan fingerprint density at radius 1 is 1.20 bits per heavy atom. The minimum atomic E-state index is 0.479. The lowest BCUT2D eigenvalue weighted by Crippen LogP contribution is -1.97. The third kappa shape index (κ3) is 2.44. The molecule has 0 aliphatic heterocycles. The molecule has 0 fully saturated rings. The number of rotatable bonds is 2. The van der Waals surface area contributed by atoms with Crippen LogP contribution in [0.25, 0.3) is 0 Å². The van der Waals surface area contributed by atoms with Gasteiger partial charge < -0.3 is 5.73 Å². The molecule has 4 heteroatoms. The fourth-order valence-corrected chi connectivity index (χ4v) is 1.55. The van der Waals surface area contributed by atoms with Gasteiger partial charge in [-0.15, -0.1) is 0 Å². The fourth-order valence-electron chi connectivity index (χ4n) is 1.35. The Bertz CT molecular complexity index is 471. The summed E-state index contributed by atoms with van der Waals surface area (Å²) in [7, 11) is 0. The highest BCUT2D eigenvalue weighted by atomic mass is 35.5. The van der Waals surface area contributed by atoms with Gasteiger partial charge in [-0.25, -0.2) is 9.97 Å². The van der Waals surface area contributed by atoms with Crippen molar-refractivity contribution in [2.75, 3.05) is 5.73 Å². The van der Waals surface area contributed by atoms with Crippen LogP contribution >= 0.6 is 11.6 Å². The van der Waals surface area contributed by atoms with Gasteiger partial charge in [-0.05, 0) is 11.6 Å². The molecule has 0 aliphatic carbocycles. The minimum absolute atomic E-state index is 0.479. The second kappa shape index (κ2) is 4.28. The molecule has 0 saturated heterocycles. The van der Waals surface area contributed by atoms with Gasteiger partial charge in [0.15, 0.2) is 0 Å². The summed E-state index contributed by atoms with van der Waals surface area (Å²) < 4.78 is 0. The molecule has 15 heavy (non-hydrogen) atoms. The number of aromatic nitrogens is 2. The van der Waals surface area contributed by atoms with E-state index >= 15 is 0 Å². The van der Waals surface area contributed by atoms with Crippen molar-refractivity contribution in [3.63, 3.8) is 0 Å². The average molecular weight is 220 g/mol. The predicted molar refractivity (Wildman–Crippen MR) is 60.7 cm³/mol.